The van der Waals surface area contributed by atoms with Crippen LogP contribution < -0.4 is 16.8 Å². The molecule has 1 aromatic rings. The summed E-state index contributed by atoms with van der Waals surface area (Å²) in [5, 5.41) is 4.45. The van der Waals surface area contributed by atoms with Crippen molar-refractivity contribution in [2.24, 2.45) is 5.73 Å². The predicted octanol–water partition coefficient (Wildman–Crippen LogP) is 2.54. The number of nitrogen functional groups attached to an aromatic ring is 1. The highest BCUT2D eigenvalue weighted by Gasteiger charge is 2.32. The first kappa shape index (κ1) is 15.1. The summed E-state index contributed by atoms with van der Waals surface area (Å²) in [4.78, 5) is 11.9. The number of amides is 1. The van der Waals surface area contributed by atoms with Gasteiger partial charge in [-0.2, -0.15) is 0 Å². The Labute approximate surface area is 123 Å². The summed E-state index contributed by atoms with van der Waals surface area (Å²) in [6.07, 6.45) is 5.59. The molecule has 1 aliphatic rings. The van der Waals surface area contributed by atoms with E-state index in [4.69, 9.17) is 16.2 Å². The van der Waals surface area contributed by atoms with E-state index < -0.39 is 5.91 Å². The van der Waals surface area contributed by atoms with Crippen LogP contribution in [0.25, 0.3) is 0 Å². The molecule has 1 aliphatic carbocycles. The molecule has 2 rings (SSSR count). The van der Waals surface area contributed by atoms with Gasteiger partial charge in [-0.05, 0) is 38.0 Å². The van der Waals surface area contributed by atoms with E-state index in [0.717, 1.165) is 55.8 Å². The second kappa shape index (κ2) is 6.95. The lowest BCUT2D eigenvalue weighted by molar-refractivity contribution is 0.100. The van der Waals surface area contributed by atoms with Crippen LogP contribution in [0.15, 0.2) is 0 Å². The molecule has 6 heteroatoms. The third kappa shape index (κ3) is 3.64. The standard InChI is InChI=1S/C14H23N3O2S/c1-19-8-4-2-3-7-17-14-10(9-5-6-9)11(15)12(20-14)13(16)18/h9,17H,2-8,15H2,1H3,(H2,16,18). The van der Waals surface area contributed by atoms with E-state index >= 15 is 0 Å². The van der Waals surface area contributed by atoms with E-state index in [1.54, 1.807) is 7.11 Å². The summed E-state index contributed by atoms with van der Waals surface area (Å²) < 4.78 is 5.02. The molecule has 1 heterocycles. The van der Waals surface area contributed by atoms with Crippen molar-refractivity contribution < 1.29 is 9.53 Å². The van der Waals surface area contributed by atoms with E-state index in [-0.39, 0.29) is 0 Å². The Hall–Kier alpha value is -1.27. The molecule has 0 radical (unpaired) electrons. The lowest BCUT2D eigenvalue weighted by atomic mass is 10.1. The van der Waals surface area contributed by atoms with Gasteiger partial charge in [0.2, 0.25) is 0 Å². The molecule has 1 fully saturated rings. The van der Waals surface area contributed by atoms with Crippen molar-refractivity contribution in [1.82, 2.24) is 0 Å². The molecule has 0 unspecified atom stereocenters. The molecular weight excluding hydrogens is 274 g/mol. The second-order valence-corrected chi connectivity index (χ2v) is 6.23. The van der Waals surface area contributed by atoms with Gasteiger partial charge in [-0.1, -0.05) is 0 Å². The molecule has 0 aromatic carbocycles. The number of anilines is 2. The summed E-state index contributed by atoms with van der Waals surface area (Å²) in [7, 11) is 1.72. The maximum Gasteiger partial charge on any atom is 0.260 e. The number of carbonyl (C=O) groups excluding carboxylic acids is 1. The normalized spacial score (nSPS) is 14.4. The first-order chi connectivity index (χ1) is 9.65. The lowest BCUT2D eigenvalue weighted by Crippen LogP contribution is -2.11. The van der Waals surface area contributed by atoms with Crippen molar-refractivity contribution in [3.05, 3.63) is 10.4 Å². The molecule has 0 atom stereocenters. The maximum absolute atomic E-state index is 11.4. The van der Waals surface area contributed by atoms with Gasteiger partial charge in [-0.15, -0.1) is 11.3 Å². The minimum atomic E-state index is -0.428. The number of ether oxygens (including phenoxy) is 1. The van der Waals surface area contributed by atoms with Crippen molar-refractivity contribution in [2.45, 2.75) is 38.0 Å². The Morgan fingerprint density at radius 3 is 2.75 bits per heavy atom. The van der Waals surface area contributed by atoms with Crippen LogP contribution >= 0.6 is 11.3 Å². The number of thiophene rings is 1. The van der Waals surface area contributed by atoms with Gasteiger partial charge in [0.05, 0.1) is 10.7 Å². The van der Waals surface area contributed by atoms with E-state index in [1.807, 2.05) is 0 Å². The first-order valence-corrected chi connectivity index (χ1v) is 7.91. The Morgan fingerprint density at radius 2 is 2.15 bits per heavy atom. The number of unbranched alkanes of at least 4 members (excludes halogenated alkanes) is 2. The smallest absolute Gasteiger partial charge is 0.260 e. The second-order valence-electron chi connectivity index (χ2n) is 5.21. The minimum Gasteiger partial charge on any atom is -0.397 e. The van der Waals surface area contributed by atoms with E-state index in [1.165, 1.54) is 11.3 Å². The highest BCUT2D eigenvalue weighted by atomic mass is 32.1. The molecule has 5 nitrogen and oxygen atoms in total. The molecule has 0 bridgehead atoms. The molecule has 20 heavy (non-hydrogen) atoms. The quantitative estimate of drug-likeness (QED) is 0.611. The highest BCUT2D eigenvalue weighted by Crippen LogP contribution is 2.50. The summed E-state index contributed by atoms with van der Waals surface area (Å²) in [5.74, 6) is 0.0814. The largest absolute Gasteiger partial charge is 0.397 e. The van der Waals surface area contributed by atoms with Gasteiger partial charge in [0.15, 0.2) is 0 Å². The molecule has 0 spiro atoms. The topological polar surface area (TPSA) is 90.4 Å². The lowest BCUT2D eigenvalue weighted by Gasteiger charge is -2.07. The van der Waals surface area contributed by atoms with E-state index in [0.29, 0.717) is 16.5 Å². The number of nitrogens with two attached hydrogens (primary N) is 2. The van der Waals surface area contributed by atoms with Gasteiger partial charge in [-0.25, -0.2) is 0 Å². The molecule has 1 aromatic heterocycles. The molecule has 112 valence electrons. The third-order valence-corrected chi connectivity index (χ3v) is 4.70. The van der Waals surface area contributed by atoms with Crippen LogP contribution in [-0.2, 0) is 4.74 Å². The van der Waals surface area contributed by atoms with Crippen molar-refractivity contribution in [3.8, 4) is 0 Å². The molecule has 0 saturated heterocycles. The summed E-state index contributed by atoms with van der Waals surface area (Å²) in [6.45, 7) is 1.70. The zero-order valence-corrected chi connectivity index (χ0v) is 12.7. The van der Waals surface area contributed by atoms with E-state index in [2.05, 4.69) is 5.32 Å². The molecule has 5 N–H and O–H groups in total. The van der Waals surface area contributed by atoms with Crippen LogP contribution in [0.3, 0.4) is 0 Å². The number of hydrogen-bond acceptors (Lipinski definition) is 5. The highest BCUT2D eigenvalue weighted by molar-refractivity contribution is 7.18. The summed E-state index contributed by atoms with van der Waals surface area (Å²) in [5.41, 5.74) is 13.1. The number of rotatable bonds is 9. The van der Waals surface area contributed by atoms with Crippen molar-refractivity contribution in [1.29, 1.82) is 0 Å². The predicted molar refractivity (Wildman–Crippen MR) is 83.4 cm³/mol. The van der Waals surface area contributed by atoms with Crippen molar-refractivity contribution in [3.63, 3.8) is 0 Å². The monoisotopic (exact) mass is 297 g/mol. The molecule has 0 aliphatic heterocycles. The molecular formula is C14H23N3O2S. The summed E-state index contributed by atoms with van der Waals surface area (Å²) in [6, 6.07) is 0. The van der Waals surface area contributed by atoms with Gasteiger partial charge in [0.25, 0.3) is 5.91 Å². The fraction of sp³-hybridized carbons (Fsp3) is 0.643. The van der Waals surface area contributed by atoms with E-state index in [9.17, 15) is 4.79 Å². The minimum absolute atomic E-state index is 0.428. The Kier molecular flexibility index (Phi) is 5.25. The number of primary amides is 1. The van der Waals surface area contributed by atoms with Gasteiger partial charge in [-0.3, -0.25) is 4.79 Å². The number of carbonyl (C=O) groups is 1. The first-order valence-electron chi connectivity index (χ1n) is 7.10. The summed E-state index contributed by atoms with van der Waals surface area (Å²) >= 11 is 1.40. The zero-order valence-electron chi connectivity index (χ0n) is 11.9. The van der Waals surface area contributed by atoms with Crippen molar-refractivity contribution >= 4 is 27.9 Å². The number of methoxy groups -OCH3 is 1. The van der Waals surface area contributed by atoms with Gasteiger partial charge >= 0.3 is 0 Å². The number of hydrogen-bond donors (Lipinski definition) is 3. The molecule has 1 saturated carbocycles. The zero-order chi connectivity index (χ0) is 14.5. The third-order valence-electron chi connectivity index (χ3n) is 3.50. The van der Waals surface area contributed by atoms with Crippen LogP contribution in [0.5, 0.6) is 0 Å². The fourth-order valence-corrected chi connectivity index (χ4v) is 3.38. The van der Waals surface area contributed by atoms with Crippen LogP contribution in [0.2, 0.25) is 0 Å². The average molecular weight is 297 g/mol. The molecule has 1 amide bonds. The Morgan fingerprint density at radius 1 is 1.40 bits per heavy atom. The SMILES string of the molecule is COCCCCCNc1sc(C(N)=O)c(N)c1C1CC1. The fourth-order valence-electron chi connectivity index (χ4n) is 2.30. The van der Waals surface area contributed by atoms with Gasteiger partial charge < -0.3 is 21.5 Å². The Bertz CT molecular complexity index is 469. The Balaban J connectivity index is 1.93. The maximum atomic E-state index is 11.4. The van der Waals surface area contributed by atoms with Gasteiger partial charge in [0.1, 0.15) is 4.88 Å². The average Bonchev–Trinajstić information content (AvgIpc) is 3.18. The van der Waals surface area contributed by atoms with Crippen LogP contribution in [-0.4, -0.2) is 26.2 Å². The van der Waals surface area contributed by atoms with Crippen molar-refractivity contribution in [2.75, 3.05) is 31.3 Å². The van der Waals surface area contributed by atoms with Crippen LogP contribution in [0, 0.1) is 0 Å². The van der Waals surface area contributed by atoms with Gasteiger partial charge in [0, 0.05) is 25.8 Å². The van der Waals surface area contributed by atoms with Crippen LogP contribution in [0.4, 0.5) is 10.7 Å². The number of nitrogens with one attached hydrogen (secondary N) is 1. The van der Waals surface area contributed by atoms with Crippen LogP contribution in [0.1, 0.15) is 53.3 Å².